The first-order valence-electron chi connectivity index (χ1n) is 10.8. The SMILES string of the molecule is O=C(NCc1ccc(F)cc1)c1cn2c(c(O)c1=O)C(=O)N(C1CCCCC1CO)CC2. The van der Waals surface area contributed by atoms with Crippen LogP contribution in [0.2, 0.25) is 0 Å². The Labute approximate surface area is 184 Å². The van der Waals surface area contributed by atoms with Crippen molar-refractivity contribution in [3.05, 3.63) is 63.3 Å². The van der Waals surface area contributed by atoms with Gasteiger partial charge in [0.2, 0.25) is 5.43 Å². The maximum Gasteiger partial charge on any atom is 0.274 e. The largest absolute Gasteiger partial charge is 0.503 e. The number of fused-ring (bicyclic) bond motifs is 1. The molecular formula is C23H26FN3O5. The fourth-order valence-electron chi connectivity index (χ4n) is 4.67. The van der Waals surface area contributed by atoms with E-state index in [1.54, 1.807) is 4.90 Å². The lowest BCUT2D eigenvalue weighted by Gasteiger charge is -2.42. The van der Waals surface area contributed by atoms with Gasteiger partial charge in [-0.2, -0.15) is 0 Å². The van der Waals surface area contributed by atoms with Crippen LogP contribution < -0.4 is 10.7 Å². The van der Waals surface area contributed by atoms with Crippen molar-refractivity contribution in [1.82, 2.24) is 14.8 Å². The van der Waals surface area contributed by atoms with Crippen molar-refractivity contribution in [2.75, 3.05) is 13.2 Å². The first kappa shape index (κ1) is 22.0. The lowest BCUT2D eigenvalue weighted by molar-refractivity contribution is 0.0359. The van der Waals surface area contributed by atoms with E-state index in [1.165, 1.54) is 35.0 Å². The van der Waals surface area contributed by atoms with Gasteiger partial charge in [0, 0.05) is 44.4 Å². The molecule has 2 amide bonds. The molecule has 2 unspecified atom stereocenters. The molecule has 1 fully saturated rings. The van der Waals surface area contributed by atoms with E-state index in [0.717, 1.165) is 25.7 Å². The molecule has 0 saturated heterocycles. The molecule has 0 spiro atoms. The summed E-state index contributed by atoms with van der Waals surface area (Å²) in [6.45, 7) is 0.756. The van der Waals surface area contributed by atoms with Crippen molar-refractivity contribution in [3.8, 4) is 5.75 Å². The second-order valence-corrected chi connectivity index (χ2v) is 8.36. The third-order valence-electron chi connectivity index (χ3n) is 6.42. The molecule has 0 bridgehead atoms. The van der Waals surface area contributed by atoms with Gasteiger partial charge in [-0.15, -0.1) is 0 Å². The number of benzene rings is 1. The van der Waals surface area contributed by atoms with Gasteiger partial charge in [0.25, 0.3) is 11.8 Å². The molecule has 2 aliphatic rings. The third kappa shape index (κ3) is 4.12. The zero-order chi connectivity index (χ0) is 22.8. The Kier molecular flexibility index (Phi) is 6.27. The third-order valence-corrected chi connectivity index (χ3v) is 6.42. The Morgan fingerprint density at radius 3 is 2.56 bits per heavy atom. The Morgan fingerprint density at radius 1 is 1.12 bits per heavy atom. The normalized spacial score (nSPS) is 20.7. The molecule has 9 heteroatoms. The molecule has 1 aromatic carbocycles. The number of pyridine rings is 1. The number of aromatic nitrogens is 1. The van der Waals surface area contributed by atoms with Crippen molar-refractivity contribution >= 4 is 11.8 Å². The number of aromatic hydroxyl groups is 1. The predicted octanol–water partition coefficient (Wildman–Crippen LogP) is 1.63. The van der Waals surface area contributed by atoms with E-state index in [9.17, 15) is 29.0 Å². The van der Waals surface area contributed by atoms with Gasteiger partial charge >= 0.3 is 0 Å². The zero-order valence-corrected chi connectivity index (χ0v) is 17.6. The number of halogens is 1. The van der Waals surface area contributed by atoms with Crippen LogP contribution in [0, 0.1) is 11.7 Å². The molecule has 1 aliphatic heterocycles. The lowest BCUT2D eigenvalue weighted by atomic mass is 9.83. The number of aliphatic hydroxyl groups is 1. The summed E-state index contributed by atoms with van der Waals surface area (Å²) >= 11 is 0. The highest BCUT2D eigenvalue weighted by Crippen LogP contribution is 2.31. The molecule has 1 aromatic heterocycles. The van der Waals surface area contributed by atoms with E-state index in [-0.39, 0.29) is 36.4 Å². The number of rotatable bonds is 5. The van der Waals surface area contributed by atoms with Gasteiger partial charge in [0.05, 0.1) is 0 Å². The van der Waals surface area contributed by atoms with Crippen molar-refractivity contribution < 1.29 is 24.2 Å². The summed E-state index contributed by atoms with van der Waals surface area (Å²) in [5, 5.41) is 22.8. The zero-order valence-electron chi connectivity index (χ0n) is 17.6. The van der Waals surface area contributed by atoms with Crippen molar-refractivity contribution in [1.29, 1.82) is 0 Å². The van der Waals surface area contributed by atoms with Gasteiger partial charge < -0.3 is 25.0 Å². The Hall–Kier alpha value is -3.20. The number of nitrogens with one attached hydrogen (secondary N) is 1. The number of carbonyl (C=O) groups is 2. The molecule has 8 nitrogen and oxygen atoms in total. The lowest BCUT2D eigenvalue weighted by Crippen LogP contribution is -2.52. The first-order valence-corrected chi connectivity index (χ1v) is 10.8. The molecule has 3 N–H and O–H groups in total. The van der Waals surface area contributed by atoms with Crippen LogP contribution in [0.1, 0.15) is 52.1 Å². The molecule has 32 heavy (non-hydrogen) atoms. The topological polar surface area (TPSA) is 112 Å². The quantitative estimate of drug-likeness (QED) is 0.650. The van der Waals surface area contributed by atoms with Gasteiger partial charge in [-0.05, 0) is 30.5 Å². The van der Waals surface area contributed by atoms with Crippen LogP contribution >= 0.6 is 0 Å². The van der Waals surface area contributed by atoms with Gasteiger partial charge in [-0.25, -0.2) is 4.39 Å². The fourth-order valence-corrected chi connectivity index (χ4v) is 4.67. The van der Waals surface area contributed by atoms with Crippen molar-refractivity contribution in [3.63, 3.8) is 0 Å². The van der Waals surface area contributed by atoms with E-state index in [0.29, 0.717) is 18.7 Å². The van der Waals surface area contributed by atoms with Crippen LogP contribution in [0.3, 0.4) is 0 Å². The molecule has 170 valence electrons. The van der Waals surface area contributed by atoms with E-state index >= 15 is 0 Å². The number of carbonyl (C=O) groups excluding carboxylic acids is 2. The minimum Gasteiger partial charge on any atom is -0.503 e. The van der Waals surface area contributed by atoms with Gasteiger partial charge in [-0.3, -0.25) is 14.4 Å². The Balaban J connectivity index is 1.56. The standard InChI is InChI=1S/C23H26FN3O5/c24-16-7-5-14(6-8-16)11-25-22(31)17-12-26-9-10-27(18-4-2-1-3-15(18)13-28)23(32)19(26)21(30)20(17)29/h5-8,12,15,18,28,30H,1-4,9-11,13H2,(H,25,31). The first-order chi connectivity index (χ1) is 15.4. The number of aliphatic hydroxyl groups excluding tert-OH is 1. The number of hydrogen-bond acceptors (Lipinski definition) is 5. The van der Waals surface area contributed by atoms with Gasteiger partial charge in [-0.1, -0.05) is 25.0 Å². The van der Waals surface area contributed by atoms with Crippen LogP contribution in [0.25, 0.3) is 0 Å². The summed E-state index contributed by atoms with van der Waals surface area (Å²) in [6, 6.07) is 5.44. The highest BCUT2D eigenvalue weighted by molar-refractivity contribution is 5.99. The summed E-state index contributed by atoms with van der Waals surface area (Å²) in [6.07, 6.45) is 4.86. The van der Waals surface area contributed by atoms with E-state index < -0.39 is 28.8 Å². The van der Waals surface area contributed by atoms with Crippen LogP contribution in [-0.2, 0) is 13.1 Å². The maximum atomic E-state index is 13.2. The van der Waals surface area contributed by atoms with Crippen molar-refractivity contribution in [2.24, 2.45) is 5.92 Å². The van der Waals surface area contributed by atoms with Crippen LogP contribution in [-0.4, -0.2) is 50.7 Å². The van der Waals surface area contributed by atoms with Gasteiger partial charge in [0.15, 0.2) is 11.4 Å². The maximum absolute atomic E-state index is 13.2. The molecule has 2 aromatic rings. The Morgan fingerprint density at radius 2 is 1.84 bits per heavy atom. The smallest absolute Gasteiger partial charge is 0.274 e. The average molecular weight is 443 g/mol. The highest BCUT2D eigenvalue weighted by Gasteiger charge is 2.38. The monoisotopic (exact) mass is 443 g/mol. The van der Waals surface area contributed by atoms with E-state index in [1.807, 2.05) is 0 Å². The number of nitrogens with zero attached hydrogens (tertiary/aromatic N) is 2. The Bertz CT molecular complexity index is 1080. The minimum atomic E-state index is -0.912. The summed E-state index contributed by atoms with van der Waals surface area (Å²) in [5.41, 5.74) is -0.650. The summed E-state index contributed by atoms with van der Waals surface area (Å²) in [7, 11) is 0. The van der Waals surface area contributed by atoms with E-state index in [2.05, 4.69) is 5.32 Å². The van der Waals surface area contributed by atoms with Crippen LogP contribution in [0.15, 0.2) is 35.3 Å². The predicted molar refractivity (Wildman–Crippen MR) is 114 cm³/mol. The molecule has 1 saturated carbocycles. The molecule has 2 heterocycles. The summed E-state index contributed by atoms with van der Waals surface area (Å²) in [4.78, 5) is 40.1. The fraction of sp³-hybridized carbons (Fsp3) is 0.435. The van der Waals surface area contributed by atoms with E-state index in [4.69, 9.17) is 0 Å². The second-order valence-electron chi connectivity index (χ2n) is 8.36. The average Bonchev–Trinajstić information content (AvgIpc) is 2.80. The van der Waals surface area contributed by atoms with Crippen LogP contribution in [0.4, 0.5) is 4.39 Å². The molecular weight excluding hydrogens is 417 g/mol. The summed E-state index contributed by atoms with van der Waals surface area (Å²) < 4.78 is 14.5. The molecule has 0 radical (unpaired) electrons. The molecule has 2 atom stereocenters. The van der Waals surface area contributed by atoms with Gasteiger partial charge in [0.1, 0.15) is 11.4 Å². The van der Waals surface area contributed by atoms with Crippen LogP contribution in [0.5, 0.6) is 5.75 Å². The summed E-state index contributed by atoms with van der Waals surface area (Å²) in [5.74, 6) is -2.31. The molecule has 4 rings (SSSR count). The second kappa shape index (κ2) is 9.12. The molecule has 1 aliphatic carbocycles. The minimum absolute atomic E-state index is 0.0135. The highest BCUT2D eigenvalue weighted by atomic mass is 19.1. The number of hydrogen-bond donors (Lipinski definition) is 3. The number of amides is 2. The van der Waals surface area contributed by atoms with Crippen molar-refractivity contribution in [2.45, 2.75) is 44.8 Å².